The van der Waals surface area contributed by atoms with Crippen molar-refractivity contribution in [3.8, 4) is 0 Å². The molecule has 0 aliphatic rings. The summed E-state index contributed by atoms with van der Waals surface area (Å²) in [6.07, 6.45) is 58.2. The van der Waals surface area contributed by atoms with Crippen molar-refractivity contribution in [1.29, 1.82) is 0 Å². The van der Waals surface area contributed by atoms with E-state index in [4.69, 9.17) is 0 Å². The number of amides is 1. The van der Waals surface area contributed by atoms with Gasteiger partial charge in [0.15, 0.2) is 0 Å². The minimum Gasteiger partial charge on any atom is -0.387 e. The molecule has 0 radical (unpaired) electrons. The quantitative estimate of drug-likeness (QED) is 0.0323. The van der Waals surface area contributed by atoms with Crippen LogP contribution in [0.4, 0.5) is 0 Å². The van der Waals surface area contributed by atoms with E-state index >= 15 is 0 Å². The van der Waals surface area contributed by atoms with Crippen LogP contribution in [-0.4, -0.2) is 41.9 Å². The molecule has 0 aliphatic heterocycles. The van der Waals surface area contributed by atoms with E-state index in [0.29, 0.717) is 6.42 Å². The number of hydrogen-bond donors (Lipinski definition) is 3. The summed E-state index contributed by atoms with van der Waals surface area (Å²) in [7, 11) is -4.36. The Bertz CT molecular complexity index is 1070. The largest absolute Gasteiger partial charge is 0.387 e. The van der Waals surface area contributed by atoms with Crippen LogP contribution in [0, 0.1) is 0 Å². The average molecular weight is 806 g/mol. The Hall–Kier alpha value is -1.70. The maximum atomic E-state index is 12.6. The van der Waals surface area contributed by atoms with Gasteiger partial charge in [-0.05, 0) is 64.2 Å². The fourth-order valence-electron chi connectivity index (χ4n) is 7.14. The molecule has 1 amide bonds. The molecule has 328 valence electrons. The highest BCUT2D eigenvalue weighted by Crippen LogP contribution is 2.15. The molecule has 0 aromatic heterocycles. The van der Waals surface area contributed by atoms with Crippen LogP contribution in [0.1, 0.15) is 239 Å². The van der Waals surface area contributed by atoms with Gasteiger partial charge in [0, 0.05) is 6.42 Å². The molecule has 3 N–H and O–H groups in total. The number of carbonyl (C=O) groups excluding carboxylic acids is 1. The molecule has 7 heteroatoms. The van der Waals surface area contributed by atoms with Crippen LogP contribution < -0.4 is 5.32 Å². The Morgan fingerprint density at radius 1 is 0.482 bits per heavy atom. The predicted molar refractivity (Wildman–Crippen MR) is 244 cm³/mol. The van der Waals surface area contributed by atoms with E-state index in [1.807, 2.05) is 6.08 Å². The van der Waals surface area contributed by atoms with E-state index in [9.17, 15) is 22.9 Å². The maximum absolute atomic E-state index is 12.6. The Kier molecular flexibility index (Phi) is 41.6. The number of aliphatic hydroxyl groups is 1. The molecule has 0 aromatic rings. The zero-order valence-corrected chi connectivity index (χ0v) is 37.6. The molecule has 0 bridgehead atoms. The number of unbranched alkanes of at least 4 members (excludes halogenated alkanes) is 29. The molecule has 0 saturated heterocycles. The molecule has 2 atom stereocenters. The zero-order valence-electron chi connectivity index (χ0n) is 36.8. The minimum atomic E-state index is -4.36. The van der Waals surface area contributed by atoms with Gasteiger partial charge in [-0.15, -0.1) is 0 Å². The Morgan fingerprint density at radius 2 is 0.821 bits per heavy atom. The van der Waals surface area contributed by atoms with Gasteiger partial charge >= 0.3 is 0 Å². The van der Waals surface area contributed by atoms with Crippen LogP contribution in [-0.2, 0) is 14.9 Å². The first-order chi connectivity index (χ1) is 27.3. The molecule has 0 heterocycles. The highest BCUT2D eigenvalue weighted by molar-refractivity contribution is 7.85. The van der Waals surface area contributed by atoms with E-state index < -0.39 is 28.0 Å². The smallest absolute Gasteiger partial charge is 0.267 e. The Balaban J connectivity index is 3.87. The third kappa shape index (κ3) is 43.4. The van der Waals surface area contributed by atoms with Crippen LogP contribution in [0.15, 0.2) is 48.6 Å². The summed E-state index contributed by atoms with van der Waals surface area (Å²) in [6.45, 7) is 4.53. The second kappa shape index (κ2) is 42.9. The molecule has 0 fully saturated rings. The van der Waals surface area contributed by atoms with Gasteiger partial charge in [-0.1, -0.05) is 217 Å². The first-order valence-electron chi connectivity index (χ1n) is 23.8. The van der Waals surface area contributed by atoms with Gasteiger partial charge in [0.25, 0.3) is 10.1 Å². The minimum absolute atomic E-state index is 0.285. The van der Waals surface area contributed by atoms with Crippen LogP contribution in [0.25, 0.3) is 0 Å². The highest BCUT2D eigenvalue weighted by atomic mass is 32.2. The van der Waals surface area contributed by atoms with Gasteiger partial charge in [-0.3, -0.25) is 9.35 Å². The van der Waals surface area contributed by atoms with Crippen molar-refractivity contribution in [3.05, 3.63) is 48.6 Å². The lowest BCUT2D eigenvalue weighted by Gasteiger charge is -2.21. The second-order valence-electron chi connectivity index (χ2n) is 16.4. The maximum Gasteiger partial charge on any atom is 0.267 e. The van der Waals surface area contributed by atoms with Crippen molar-refractivity contribution in [1.82, 2.24) is 5.32 Å². The third-order valence-electron chi connectivity index (χ3n) is 10.7. The van der Waals surface area contributed by atoms with Gasteiger partial charge in [0.05, 0.1) is 17.9 Å². The number of hydrogen-bond acceptors (Lipinski definition) is 4. The van der Waals surface area contributed by atoms with E-state index in [-0.39, 0.29) is 12.3 Å². The number of aliphatic hydroxyl groups excluding tert-OH is 1. The highest BCUT2D eigenvalue weighted by Gasteiger charge is 2.24. The van der Waals surface area contributed by atoms with Gasteiger partial charge in [0.1, 0.15) is 0 Å². The molecule has 0 saturated carbocycles. The monoisotopic (exact) mass is 806 g/mol. The Morgan fingerprint density at radius 3 is 1.23 bits per heavy atom. The summed E-state index contributed by atoms with van der Waals surface area (Å²) < 4.78 is 32.6. The Labute approximate surface area is 348 Å². The van der Waals surface area contributed by atoms with Crippen LogP contribution >= 0.6 is 0 Å². The van der Waals surface area contributed by atoms with Crippen molar-refractivity contribution < 1.29 is 22.9 Å². The van der Waals surface area contributed by atoms with Crippen molar-refractivity contribution in [2.24, 2.45) is 0 Å². The molecule has 6 nitrogen and oxygen atoms in total. The molecule has 0 aliphatic carbocycles. The first kappa shape index (κ1) is 54.3. The summed E-state index contributed by atoms with van der Waals surface area (Å²) in [5.41, 5.74) is 0. The molecular formula is C49H91NO5S. The fourth-order valence-corrected chi connectivity index (χ4v) is 7.88. The lowest BCUT2D eigenvalue weighted by Crippen LogP contribution is -2.46. The van der Waals surface area contributed by atoms with Crippen LogP contribution in [0.2, 0.25) is 0 Å². The van der Waals surface area contributed by atoms with Crippen molar-refractivity contribution in [2.45, 2.75) is 251 Å². The lowest BCUT2D eigenvalue weighted by molar-refractivity contribution is -0.122. The van der Waals surface area contributed by atoms with E-state index in [1.165, 1.54) is 179 Å². The number of nitrogens with one attached hydrogen (secondary N) is 1. The molecule has 56 heavy (non-hydrogen) atoms. The second-order valence-corrected chi connectivity index (χ2v) is 17.9. The van der Waals surface area contributed by atoms with E-state index in [0.717, 1.165) is 38.5 Å². The molecule has 0 aromatic carbocycles. The number of carbonyl (C=O) groups is 1. The molecule has 0 spiro atoms. The fraction of sp³-hybridized carbons (Fsp3) is 0.816. The van der Waals surface area contributed by atoms with Gasteiger partial charge in [-0.25, -0.2) is 0 Å². The summed E-state index contributed by atoms with van der Waals surface area (Å²) in [4.78, 5) is 12.6. The van der Waals surface area contributed by atoms with E-state index in [1.54, 1.807) is 0 Å². The van der Waals surface area contributed by atoms with Gasteiger partial charge in [0.2, 0.25) is 5.91 Å². The summed E-state index contributed by atoms with van der Waals surface area (Å²) >= 11 is 0. The topological polar surface area (TPSA) is 104 Å². The normalized spacial score (nSPS) is 13.6. The van der Waals surface area contributed by atoms with Crippen LogP contribution in [0.3, 0.4) is 0 Å². The summed E-state index contributed by atoms with van der Waals surface area (Å²) in [5.74, 6) is -1.00. The molecule has 2 unspecified atom stereocenters. The van der Waals surface area contributed by atoms with Crippen molar-refractivity contribution in [2.75, 3.05) is 5.75 Å². The summed E-state index contributed by atoms with van der Waals surface area (Å²) in [5, 5.41) is 13.3. The van der Waals surface area contributed by atoms with E-state index in [2.05, 4.69) is 55.6 Å². The standard InChI is InChI=1S/C49H91NO5S/c1-3-5-7-9-11-13-15-17-19-21-23-24-25-26-27-29-31-33-35-37-39-41-43-45-49(52)50-47(46-56(53,54)55)48(51)44-42-40-38-36-34-32-30-28-22-20-18-16-14-12-10-8-6-4-2/h15,17,21,23,34,36,42,44,47-48,51H,3-14,16,18-20,22,24-33,35,37-41,43,45-46H2,1-2H3,(H,50,52)(H,53,54,55)/b17-15-,23-21-,36-34+,44-42+. The van der Waals surface area contributed by atoms with Crippen molar-refractivity contribution >= 4 is 16.0 Å². The first-order valence-corrected chi connectivity index (χ1v) is 25.4. The third-order valence-corrected chi connectivity index (χ3v) is 11.5. The lowest BCUT2D eigenvalue weighted by atomic mass is 10.0. The molecular weight excluding hydrogens is 715 g/mol. The number of rotatable bonds is 43. The SMILES string of the molecule is CCCCCCC/C=C\C/C=C\CCCCCCCCCCCCCC(=O)NC(CS(=O)(=O)O)C(O)/C=C/CC/C=C/CCCCCCCCCCCCCC. The van der Waals surface area contributed by atoms with Gasteiger partial charge in [-0.2, -0.15) is 8.42 Å². The van der Waals surface area contributed by atoms with Gasteiger partial charge < -0.3 is 10.4 Å². The summed E-state index contributed by atoms with van der Waals surface area (Å²) in [6, 6.07) is -1.08. The predicted octanol–water partition coefficient (Wildman–Crippen LogP) is 14.6. The van der Waals surface area contributed by atoms with Crippen molar-refractivity contribution in [3.63, 3.8) is 0 Å². The zero-order chi connectivity index (χ0) is 41.1. The molecule has 0 rings (SSSR count). The van der Waals surface area contributed by atoms with Crippen LogP contribution in [0.5, 0.6) is 0 Å². The number of allylic oxidation sites excluding steroid dienone is 7. The average Bonchev–Trinajstić information content (AvgIpc) is 3.16.